The van der Waals surface area contributed by atoms with Crippen molar-refractivity contribution in [2.24, 2.45) is 11.8 Å². The molecule has 2 aromatic carbocycles. The number of anilines is 1. The van der Waals surface area contributed by atoms with Crippen molar-refractivity contribution in [1.82, 2.24) is 10.2 Å². The van der Waals surface area contributed by atoms with Crippen LogP contribution in [0.3, 0.4) is 0 Å². The molecule has 1 spiro atoms. The van der Waals surface area contributed by atoms with Crippen LogP contribution >= 0.6 is 0 Å². The number of carbonyl (C=O) groups is 3. The van der Waals surface area contributed by atoms with E-state index in [9.17, 15) is 19.5 Å². The number of aliphatic hydroxyl groups excluding tert-OH is 1. The van der Waals surface area contributed by atoms with Crippen LogP contribution in [0.15, 0.2) is 48.5 Å². The summed E-state index contributed by atoms with van der Waals surface area (Å²) < 4.78 is 0. The van der Waals surface area contributed by atoms with Crippen LogP contribution in [-0.2, 0) is 32.8 Å². The quantitative estimate of drug-likeness (QED) is 0.622. The maximum absolute atomic E-state index is 13.7. The number of hydrogen-bond donors (Lipinski definition) is 3. The van der Waals surface area contributed by atoms with Crippen LogP contribution in [0, 0.1) is 11.8 Å². The van der Waals surface area contributed by atoms with Gasteiger partial charge in [0.05, 0.1) is 17.9 Å². The minimum absolute atomic E-state index is 0.251. The first-order valence-electron chi connectivity index (χ1n) is 11.2. The van der Waals surface area contributed by atoms with Crippen LogP contribution in [-0.4, -0.2) is 46.4 Å². The molecule has 32 heavy (non-hydrogen) atoms. The highest BCUT2D eigenvalue weighted by molar-refractivity contribution is 6.15. The lowest BCUT2D eigenvalue weighted by molar-refractivity contribution is -0.143. The molecule has 0 unspecified atom stereocenters. The number of fused-ring (bicyclic) bond motifs is 4. The molecule has 3 heterocycles. The van der Waals surface area contributed by atoms with Crippen molar-refractivity contribution in [3.63, 3.8) is 0 Å². The highest BCUT2D eigenvalue weighted by Gasteiger charge is 2.71. The van der Waals surface area contributed by atoms with Crippen LogP contribution in [0.25, 0.3) is 0 Å². The van der Waals surface area contributed by atoms with Crippen molar-refractivity contribution in [1.29, 1.82) is 0 Å². The van der Waals surface area contributed by atoms with Gasteiger partial charge in [-0.15, -0.1) is 0 Å². The molecule has 3 aliphatic heterocycles. The van der Waals surface area contributed by atoms with Crippen molar-refractivity contribution in [3.8, 4) is 0 Å². The lowest BCUT2D eigenvalue weighted by atomic mass is 9.76. The first kappa shape index (κ1) is 20.8. The first-order valence-corrected chi connectivity index (χ1v) is 11.2. The third-order valence-corrected chi connectivity index (χ3v) is 7.20. The Balaban J connectivity index is 1.56. The van der Waals surface area contributed by atoms with Gasteiger partial charge in [0.1, 0.15) is 5.54 Å². The van der Waals surface area contributed by atoms with Crippen molar-refractivity contribution in [3.05, 3.63) is 65.2 Å². The monoisotopic (exact) mass is 433 g/mol. The fourth-order valence-electron chi connectivity index (χ4n) is 5.58. The van der Waals surface area contributed by atoms with Crippen LogP contribution < -0.4 is 10.6 Å². The molecule has 3 aliphatic rings. The maximum atomic E-state index is 13.7. The van der Waals surface area contributed by atoms with Gasteiger partial charge >= 0.3 is 0 Å². The minimum atomic E-state index is -1.36. The smallest absolute Gasteiger partial charge is 0.250 e. The summed E-state index contributed by atoms with van der Waals surface area (Å²) in [6.07, 6.45) is 0.417. The van der Waals surface area contributed by atoms with Crippen molar-refractivity contribution in [2.45, 2.75) is 44.4 Å². The third-order valence-electron chi connectivity index (χ3n) is 7.20. The van der Waals surface area contributed by atoms with Gasteiger partial charge in [0.2, 0.25) is 17.7 Å². The lowest BCUT2D eigenvalue weighted by Crippen LogP contribution is -2.55. The molecular weight excluding hydrogens is 406 g/mol. The minimum Gasteiger partial charge on any atom is -0.392 e. The molecule has 0 saturated carbocycles. The molecule has 0 radical (unpaired) electrons. The topological polar surface area (TPSA) is 98.7 Å². The molecule has 0 aromatic heterocycles. The predicted molar refractivity (Wildman–Crippen MR) is 119 cm³/mol. The molecule has 3 amide bonds. The van der Waals surface area contributed by atoms with E-state index in [1.165, 1.54) is 4.90 Å². The molecule has 2 aromatic rings. The Morgan fingerprint density at radius 1 is 1.06 bits per heavy atom. The molecular formula is C25H27N3O4. The zero-order chi connectivity index (χ0) is 22.6. The summed E-state index contributed by atoms with van der Waals surface area (Å²) in [6.45, 7) is 3.87. The Kier molecular flexibility index (Phi) is 4.91. The Morgan fingerprint density at radius 3 is 2.50 bits per heavy atom. The molecule has 7 heteroatoms. The zero-order valence-corrected chi connectivity index (χ0v) is 18.2. The van der Waals surface area contributed by atoms with Gasteiger partial charge in [0, 0.05) is 23.8 Å². The maximum Gasteiger partial charge on any atom is 0.250 e. The first-order chi connectivity index (χ1) is 15.4. The van der Waals surface area contributed by atoms with Gasteiger partial charge < -0.3 is 10.4 Å². The standard InChI is InChI=1S/C25H27N3O4/c1-3-15-9-10-18-17(13-15)25(24(32)26-18)20-19(21(27-25)14(2)29)22(30)28(23(20)31)12-11-16-7-5-4-6-8-16/h4-10,13-14,19-21,27,29H,3,11-12H2,1-2H3,(H,26,32)/t14-,19+,20+,21+,25+/m1/s1. The summed E-state index contributed by atoms with van der Waals surface area (Å²) in [5.74, 6) is -2.69. The van der Waals surface area contributed by atoms with Crippen molar-refractivity contribution < 1.29 is 19.5 Å². The number of carbonyl (C=O) groups excluding carboxylic acids is 3. The zero-order valence-electron chi connectivity index (χ0n) is 18.2. The summed E-state index contributed by atoms with van der Waals surface area (Å²) >= 11 is 0. The largest absolute Gasteiger partial charge is 0.392 e. The summed E-state index contributed by atoms with van der Waals surface area (Å²) in [7, 11) is 0. The van der Waals surface area contributed by atoms with E-state index in [0.717, 1.165) is 17.5 Å². The fourth-order valence-corrected chi connectivity index (χ4v) is 5.58. The summed E-state index contributed by atoms with van der Waals surface area (Å²) in [6, 6.07) is 14.7. The molecule has 5 rings (SSSR count). The van der Waals surface area contributed by atoms with Gasteiger partial charge in [-0.05, 0) is 37.0 Å². The van der Waals surface area contributed by atoms with E-state index in [4.69, 9.17) is 0 Å². The molecule has 0 aliphatic carbocycles. The third kappa shape index (κ3) is 2.84. The number of rotatable bonds is 5. The van der Waals surface area contributed by atoms with Gasteiger partial charge in [-0.3, -0.25) is 24.6 Å². The normalized spacial score (nSPS) is 29.4. The Bertz CT molecular complexity index is 1100. The van der Waals surface area contributed by atoms with E-state index in [2.05, 4.69) is 10.6 Å². The number of amides is 3. The van der Waals surface area contributed by atoms with Crippen molar-refractivity contribution in [2.75, 3.05) is 11.9 Å². The van der Waals surface area contributed by atoms with Crippen LogP contribution in [0.4, 0.5) is 5.69 Å². The number of imide groups is 1. The molecule has 5 atom stereocenters. The van der Waals surface area contributed by atoms with Gasteiger partial charge in [-0.1, -0.05) is 49.4 Å². The summed E-state index contributed by atoms with van der Waals surface area (Å²) in [4.78, 5) is 41.8. The Hall–Kier alpha value is -3.03. The van der Waals surface area contributed by atoms with Gasteiger partial charge in [-0.25, -0.2) is 0 Å². The lowest BCUT2D eigenvalue weighted by Gasteiger charge is -2.30. The van der Waals surface area contributed by atoms with E-state index in [0.29, 0.717) is 17.7 Å². The Labute approximate surface area is 186 Å². The van der Waals surface area contributed by atoms with Crippen LogP contribution in [0.1, 0.15) is 30.5 Å². The SMILES string of the molecule is CCc1ccc2c(c1)[C@@]1(N[C@@H]([C@@H](C)O)[C@H]3C(=O)N(CCc4ccccc4)C(=O)[C@H]31)C(=O)N2. The second kappa shape index (κ2) is 7.53. The van der Waals surface area contributed by atoms with E-state index < -0.39 is 29.5 Å². The Morgan fingerprint density at radius 2 is 1.81 bits per heavy atom. The fraction of sp³-hybridized carbons (Fsp3) is 0.400. The summed E-state index contributed by atoms with van der Waals surface area (Å²) in [5, 5.41) is 16.6. The van der Waals surface area contributed by atoms with Crippen molar-refractivity contribution >= 4 is 23.4 Å². The molecule has 166 valence electrons. The number of nitrogens with one attached hydrogen (secondary N) is 2. The van der Waals surface area contributed by atoms with Gasteiger partial charge in [0.25, 0.3) is 0 Å². The highest BCUT2D eigenvalue weighted by atomic mass is 16.3. The predicted octanol–water partition coefficient (Wildman–Crippen LogP) is 1.59. The number of likely N-dealkylation sites (tertiary alicyclic amines) is 1. The van der Waals surface area contributed by atoms with Crippen LogP contribution in [0.2, 0.25) is 0 Å². The highest BCUT2D eigenvalue weighted by Crippen LogP contribution is 2.53. The number of hydrogen-bond acceptors (Lipinski definition) is 5. The van der Waals surface area contributed by atoms with Crippen LogP contribution in [0.5, 0.6) is 0 Å². The van der Waals surface area contributed by atoms with E-state index in [1.807, 2.05) is 55.5 Å². The molecule has 0 bridgehead atoms. The van der Waals surface area contributed by atoms with E-state index >= 15 is 0 Å². The second-order valence-corrected chi connectivity index (χ2v) is 8.97. The summed E-state index contributed by atoms with van der Waals surface area (Å²) in [5.41, 5.74) is 2.04. The molecule has 2 fully saturated rings. The second-order valence-electron chi connectivity index (χ2n) is 8.97. The number of aliphatic hydroxyl groups is 1. The number of benzene rings is 2. The molecule has 7 nitrogen and oxygen atoms in total. The molecule has 2 saturated heterocycles. The molecule has 3 N–H and O–H groups in total. The average Bonchev–Trinajstić information content (AvgIpc) is 3.38. The number of aryl methyl sites for hydroxylation is 1. The van der Waals surface area contributed by atoms with Gasteiger partial charge in [-0.2, -0.15) is 0 Å². The number of nitrogens with zero attached hydrogens (tertiary/aromatic N) is 1. The average molecular weight is 434 g/mol. The van der Waals surface area contributed by atoms with E-state index in [1.54, 1.807) is 6.92 Å². The van der Waals surface area contributed by atoms with Gasteiger partial charge in [0.15, 0.2) is 0 Å². The van der Waals surface area contributed by atoms with E-state index in [-0.39, 0.29) is 24.3 Å².